The van der Waals surface area contributed by atoms with Crippen LogP contribution in [0.2, 0.25) is 0 Å². The van der Waals surface area contributed by atoms with Crippen molar-refractivity contribution in [3.05, 3.63) is 29.6 Å². The predicted octanol–water partition coefficient (Wildman–Crippen LogP) is 1.71. The molecule has 0 heterocycles. The van der Waals surface area contributed by atoms with Crippen molar-refractivity contribution in [1.29, 1.82) is 5.26 Å². The summed E-state index contributed by atoms with van der Waals surface area (Å²) in [5.74, 6) is -1.05. The van der Waals surface area contributed by atoms with E-state index in [-0.39, 0.29) is 18.7 Å². The number of nitrogens with zero attached hydrogens (tertiary/aromatic N) is 2. The Kier molecular flexibility index (Phi) is 6.47. The molecule has 0 bridgehead atoms. The zero-order chi connectivity index (χ0) is 15.0. The van der Waals surface area contributed by atoms with E-state index in [1.165, 1.54) is 19.2 Å². The summed E-state index contributed by atoms with van der Waals surface area (Å²) in [6, 6.07) is 6.12. The van der Waals surface area contributed by atoms with Crippen molar-refractivity contribution >= 4 is 11.7 Å². The second-order valence-electron chi connectivity index (χ2n) is 3.97. The Morgan fingerprint density at radius 2 is 2.25 bits per heavy atom. The molecule has 1 aromatic carbocycles. The standard InChI is InChI=1S/C14H17FN2O3/c1-3-20-14(18)10-17(7-8-19-2)13-6-4-5-12(15)11(13)9-16/h4-6H,3,7-8,10H2,1-2H3. The summed E-state index contributed by atoms with van der Waals surface area (Å²) >= 11 is 0. The van der Waals surface area contributed by atoms with Gasteiger partial charge in [0.2, 0.25) is 0 Å². The van der Waals surface area contributed by atoms with E-state index in [1.54, 1.807) is 17.9 Å². The van der Waals surface area contributed by atoms with E-state index >= 15 is 0 Å². The van der Waals surface area contributed by atoms with Crippen LogP contribution in [0.15, 0.2) is 18.2 Å². The van der Waals surface area contributed by atoms with Crippen molar-refractivity contribution < 1.29 is 18.7 Å². The maximum Gasteiger partial charge on any atom is 0.325 e. The minimum absolute atomic E-state index is 0.0602. The van der Waals surface area contributed by atoms with Gasteiger partial charge in [0.1, 0.15) is 24.0 Å². The summed E-state index contributed by atoms with van der Waals surface area (Å²) in [5, 5.41) is 9.05. The summed E-state index contributed by atoms with van der Waals surface area (Å²) in [6.45, 7) is 2.62. The number of nitriles is 1. The van der Waals surface area contributed by atoms with Crippen LogP contribution in [-0.2, 0) is 14.3 Å². The van der Waals surface area contributed by atoms with Crippen LogP contribution in [0, 0.1) is 17.1 Å². The Morgan fingerprint density at radius 3 is 2.85 bits per heavy atom. The quantitative estimate of drug-likeness (QED) is 0.712. The summed E-state index contributed by atoms with van der Waals surface area (Å²) in [6.07, 6.45) is 0. The van der Waals surface area contributed by atoms with Gasteiger partial charge in [-0.1, -0.05) is 6.07 Å². The highest BCUT2D eigenvalue weighted by atomic mass is 19.1. The van der Waals surface area contributed by atoms with E-state index in [2.05, 4.69) is 0 Å². The molecule has 0 saturated carbocycles. The first-order valence-corrected chi connectivity index (χ1v) is 6.22. The topological polar surface area (TPSA) is 62.6 Å². The second kappa shape index (κ2) is 8.12. The normalized spacial score (nSPS) is 9.90. The minimum atomic E-state index is -0.615. The molecule has 0 fully saturated rings. The van der Waals surface area contributed by atoms with Gasteiger partial charge in [-0.25, -0.2) is 4.39 Å². The van der Waals surface area contributed by atoms with Crippen LogP contribution in [0.25, 0.3) is 0 Å². The van der Waals surface area contributed by atoms with Crippen LogP contribution in [0.1, 0.15) is 12.5 Å². The third-order valence-corrected chi connectivity index (χ3v) is 2.63. The number of carbonyl (C=O) groups is 1. The maximum atomic E-state index is 13.6. The first kappa shape index (κ1) is 15.9. The van der Waals surface area contributed by atoms with Crippen molar-refractivity contribution in [2.45, 2.75) is 6.92 Å². The lowest BCUT2D eigenvalue weighted by Gasteiger charge is -2.24. The van der Waals surface area contributed by atoms with Gasteiger partial charge >= 0.3 is 5.97 Å². The third-order valence-electron chi connectivity index (χ3n) is 2.63. The number of benzene rings is 1. The molecule has 5 nitrogen and oxygen atoms in total. The molecule has 0 spiro atoms. The lowest BCUT2D eigenvalue weighted by atomic mass is 10.1. The molecule has 0 aliphatic rings. The highest BCUT2D eigenvalue weighted by Crippen LogP contribution is 2.22. The lowest BCUT2D eigenvalue weighted by molar-refractivity contribution is -0.141. The number of carbonyl (C=O) groups excluding carboxylic acids is 1. The Morgan fingerprint density at radius 1 is 1.50 bits per heavy atom. The molecule has 6 heteroatoms. The summed E-state index contributed by atoms with van der Waals surface area (Å²) < 4.78 is 23.5. The van der Waals surface area contributed by atoms with Gasteiger partial charge in [0, 0.05) is 13.7 Å². The zero-order valence-corrected chi connectivity index (χ0v) is 11.6. The van der Waals surface area contributed by atoms with Gasteiger partial charge in [0.15, 0.2) is 0 Å². The molecular weight excluding hydrogens is 263 g/mol. The smallest absolute Gasteiger partial charge is 0.325 e. The fourth-order valence-corrected chi connectivity index (χ4v) is 1.74. The van der Waals surface area contributed by atoms with Gasteiger partial charge in [-0.15, -0.1) is 0 Å². The Labute approximate surface area is 117 Å². The van der Waals surface area contributed by atoms with E-state index in [9.17, 15) is 9.18 Å². The van der Waals surface area contributed by atoms with E-state index in [0.29, 0.717) is 18.8 Å². The van der Waals surface area contributed by atoms with Gasteiger partial charge in [-0.05, 0) is 19.1 Å². The van der Waals surface area contributed by atoms with Crippen LogP contribution >= 0.6 is 0 Å². The first-order chi connectivity index (χ1) is 9.63. The number of esters is 1. The monoisotopic (exact) mass is 280 g/mol. The van der Waals surface area contributed by atoms with Gasteiger partial charge < -0.3 is 14.4 Å². The average molecular weight is 280 g/mol. The van der Waals surface area contributed by atoms with E-state index in [4.69, 9.17) is 14.7 Å². The van der Waals surface area contributed by atoms with E-state index in [1.807, 2.05) is 6.07 Å². The van der Waals surface area contributed by atoms with Gasteiger partial charge in [0.05, 0.1) is 18.9 Å². The van der Waals surface area contributed by atoms with Crippen molar-refractivity contribution in [2.75, 3.05) is 38.3 Å². The lowest BCUT2D eigenvalue weighted by Crippen LogP contribution is -2.34. The molecule has 20 heavy (non-hydrogen) atoms. The molecule has 1 rings (SSSR count). The average Bonchev–Trinajstić information content (AvgIpc) is 2.43. The van der Waals surface area contributed by atoms with Gasteiger partial charge in [0.25, 0.3) is 0 Å². The third kappa shape index (κ3) is 4.21. The number of hydrogen-bond acceptors (Lipinski definition) is 5. The molecule has 0 saturated heterocycles. The SMILES string of the molecule is CCOC(=O)CN(CCOC)c1cccc(F)c1C#N. The van der Waals surface area contributed by atoms with Crippen LogP contribution in [0.4, 0.5) is 10.1 Å². The second-order valence-corrected chi connectivity index (χ2v) is 3.97. The van der Waals surface area contributed by atoms with Crippen molar-refractivity contribution in [3.63, 3.8) is 0 Å². The summed E-state index contributed by atoms with van der Waals surface area (Å²) in [4.78, 5) is 13.2. The molecule has 0 aromatic heterocycles. The maximum absolute atomic E-state index is 13.6. The molecule has 1 aromatic rings. The molecule has 0 atom stereocenters. The zero-order valence-electron chi connectivity index (χ0n) is 11.6. The number of anilines is 1. The summed E-state index contributed by atoms with van der Waals surface area (Å²) in [5.41, 5.74) is 0.269. The fraction of sp³-hybridized carbons (Fsp3) is 0.429. The van der Waals surface area contributed by atoms with Crippen LogP contribution < -0.4 is 4.90 Å². The van der Waals surface area contributed by atoms with Crippen LogP contribution in [0.5, 0.6) is 0 Å². The van der Waals surface area contributed by atoms with Crippen LogP contribution in [-0.4, -0.2) is 39.4 Å². The highest BCUT2D eigenvalue weighted by Gasteiger charge is 2.17. The first-order valence-electron chi connectivity index (χ1n) is 6.22. The predicted molar refractivity (Wildman–Crippen MR) is 71.8 cm³/mol. The van der Waals surface area contributed by atoms with Gasteiger partial charge in [-0.2, -0.15) is 5.26 Å². The van der Waals surface area contributed by atoms with Crippen molar-refractivity contribution in [3.8, 4) is 6.07 Å². The Hall–Kier alpha value is -2.13. The van der Waals surface area contributed by atoms with E-state index in [0.717, 1.165) is 0 Å². The number of methoxy groups -OCH3 is 1. The fourth-order valence-electron chi connectivity index (χ4n) is 1.74. The van der Waals surface area contributed by atoms with Crippen molar-refractivity contribution in [1.82, 2.24) is 0 Å². The van der Waals surface area contributed by atoms with Crippen molar-refractivity contribution in [2.24, 2.45) is 0 Å². The number of hydrogen-bond donors (Lipinski definition) is 0. The van der Waals surface area contributed by atoms with Gasteiger partial charge in [-0.3, -0.25) is 4.79 Å². The molecule has 0 N–H and O–H groups in total. The highest BCUT2D eigenvalue weighted by molar-refractivity contribution is 5.77. The summed E-state index contributed by atoms with van der Waals surface area (Å²) in [7, 11) is 1.53. The largest absolute Gasteiger partial charge is 0.465 e. The Bertz CT molecular complexity index is 500. The van der Waals surface area contributed by atoms with Crippen LogP contribution in [0.3, 0.4) is 0 Å². The number of ether oxygens (including phenoxy) is 2. The molecule has 0 unspecified atom stereocenters. The Balaban J connectivity index is 3.01. The molecule has 0 amide bonds. The molecular formula is C14H17FN2O3. The number of halogens is 1. The minimum Gasteiger partial charge on any atom is -0.465 e. The molecule has 0 radical (unpaired) electrons. The molecule has 0 aliphatic carbocycles. The van der Waals surface area contributed by atoms with E-state index < -0.39 is 11.8 Å². The molecule has 108 valence electrons. The molecule has 0 aliphatic heterocycles. The number of rotatable bonds is 7.